The number of benzene rings is 2. The second-order valence-electron chi connectivity index (χ2n) is 4.40. The molecule has 21 heavy (non-hydrogen) atoms. The fourth-order valence-electron chi connectivity index (χ4n) is 1.88. The third-order valence-corrected chi connectivity index (χ3v) is 2.96. The molecular formula is C16H14O5. The number of carbonyl (C=O) groups is 2. The monoisotopic (exact) mass is 286 g/mol. The first-order chi connectivity index (χ1) is 10.1. The predicted octanol–water partition coefficient (Wildman–Crippen LogP) is 2.49. The zero-order valence-corrected chi connectivity index (χ0v) is 11.2. The Morgan fingerprint density at radius 2 is 1.67 bits per heavy atom. The van der Waals surface area contributed by atoms with Gasteiger partial charge in [-0.15, -0.1) is 0 Å². The van der Waals surface area contributed by atoms with Crippen LogP contribution in [0.1, 0.15) is 26.3 Å². The third kappa shape index (κ3) is 3.82. The van der Waals surface area contributed by atoms with Gasteiger partial charge in [0.1, 0.15) is 5.75 Å². The number of hydrogen-bond donors (Lipinski definition) is 2. The summed E-state index contributed by atoms with van der Waals surface area (Å²) in [6, 6.07) is 12.3. The molecule has 2 aromatic carbocycles. The maximum absolute atomic E-state index is 11.7. The van der Waals surface area contributed by atoms with Crippen LogP contribution >= 0.6 is 0 Å². The van der Waals surface area contributed by atoms with Gasteiger partial charge in [0, 0.05) is 6.42 Å². The van der Waals surface area contributed by atoms with Crippen LogP contribution in [0.4, 0.5) is 0 Å². The van der Waals surface area contributed by atoms with Gasteiger partial charge in [-0.05, 0) is 35.9 Å². The normalized spacial score (nSPS) is 10.1. The van der Waals surface area contributed by atoms with Crippen LogP contribution in [0.15, 0.2) is 48.5 Å². The van der Waals surface area contributed by atoms with Gasteiger partial charge in [-0.3, -0.25) is 0 Å². The van der Waals surface area contributed by atoms with E-state index in [-0.39, 0.29) is 17.9 Å². The highest BCUT2D eigenvalue weighted by Gasteiger charge is 2.11. The van der Waals surface area contributed by atoms with Gasteiger partial charge in [0.15, 0.2) is 0 Å². The Morgan fingerprint density at radius 1 is 1.00 bits per heavy atom. The van der Waals surface area contributed by atoms with Gasteiger partial charge in [0.25, 0.3) is 0 Å². The second kappa shape index (κ2) is 6.56. The number of phenols is 1. The molecule has 0 aliphatic rings. The maximum atomic E-state index is 11.7. The highest BCUT2D eigenvalue weighted by Crippen LogP contribution is 2.12. The number of aromatic hydroxyl groups is 1. The zero-order chi connectivity index (χ0) is 15.2. The average molecular weight is 286 g/mol. The third-order valence-electron chi connectivity index (χ3n) is 2.96. The summed E-state index contributed by atoms with van der Waals surface area (Å²) in [4.78, 5) is 22.8. The lowest BCUT2D eigenvalue weighted by Crippen LogP contribution is -2.10. The van der Waals surface area contributed by atoms with Crippen molar-refractivity contribution in [3.05, 3.63) is 65.2 Å². The van der Waals surface area contributed by atoms with Gasteiger partial charge in [-0.25, -0.2) is 9.59 Å². The lowest BCUT2D eigenvalue weighted by molar-refractivity contribution is 0.0509. The van der Waals surface area contributed by atoms with Crippen LogP contribution in [-0.2, 0) is 11.2 Å². The Kier molecular flexibility index (Phi) is 4.56. The summed E-state index contributed by atoms with van der Waals surface area (Å²) >= 11 is 0. The molecule has 0 bridgehead atoms. The zero-order valence-electron chi connectivity index (χ0n) is 11.2. The first-order valence-electron chi connectivity index (χ1n) is 6.35. The fraction of sp³-hybridized carbons (Fsp3) is 0.125. The van der Waals surface area contributed by atoms with Gasteiger partial charge < -0.3 is 14.9 Å². The lowest BCUT2D eigenvalue weighted by Gasteiger charge is -2.07. The molecular weight excluding hydrogens is 272 g/mol. The SMILES string of the molecule is O=C(OCCc1ccccc1C(=O)O)c1ccc(O)cc1. The van der Waals surface area contributed by atoms with E-state index >= 15 is 0 Å². The molecule has 2 rings (SSSR count). The summed E-state index contributed by atoms with van der Waals surface area (Å²) < 4.78 is 5.09. The highest BCUT2D eigenvalue weighted by atomic mass is 16.5. The standard InChI is InChI=1S/C16H14O5/c17-13-7-5-12(6-8-13)16(20)21-10-9-11-3-1-2-4-14(11)15(18)19/h1-8,17H,9-10H2,(H,18,19). The van der Waals surface area contributed by atoms with Crippen molar-refractivity contribution in [2.45, 2.75) is 6.42 Å². The van der Waals surface area contributed by atoms with Crippen LogP contribution in [0, 0.1) is 0 Å². The second-order valence-corrected chi connectivity index (χ2v) is 4.40. The van der Waals surface area contributed by atoms with E-state index in [0.717, 1.165) is 0 Å². The topological polar surface area (TPSA) is 83.8 Å². The number of carboxylic acids is 1. The highest BCUT2D eigenvalue weighted by molar-refractivity contribution is 5.90. The number of aromatic carboxylic acids is 1. The Bertz CT molecular complexity index is 646. The number of carboxylic acid groups (broad SMARTS) is 1. The Labute approximate surface area is 121 Å². The molecule has 0 radical (unpaired) electrons. The predicted molar refractivity (Wildman–Crippen MR) is 75.5 cm³/mol. The van der Waals surface area contributed by atoms with Crippen LogP contribution in [0.3, 0.4) is 0 Å². The van der Waals surface area contributed by atoms with Gasteiger partial charge in [0.2, 0.25) is 0 Å². The average Bonchev–Trinajstić information content (AvgIpc) is 2.48. The van der Waals surface area contributed by atoms with Crippen LogP contribution in [0.25, 0.3) is 0 Å². The number of ether oxygens (including phenoxy) is 1. The van der Waals surface area contributed by atoms with Gasteiger partial charge in [-0.1, -0.05) is 18.2 Å². The van der Waals surface area contributed by atoms with Gasteiger partial charge in [-0.2, -0.15) is 0 Å². The van der Waals surface area contributed by atoms with E-state index in [4.69, 9.17) is 14.9 Å². The van der Waals surface area contributed by atoms with Crippen LogP contribution in [0.5, 0.6) is 5.75 Å². The van der Waals surface area contributed by atoms with E-state index in [9.17, 15) is 9.59 Å². The minimum atomic E-state index is -1.00. The first-order valence-corrected chi connectivity index (χ1v) is 6.35. The Morgan fingerprint density at radius 3 is 2.33 bits per heavy atom. The van der Waals surface area contributed by atoms with Crippen LogP contribution < -0.4 is 0 Å². The molecule has 0 aliphatic heterocycles. The lowest BCUT2D eigenvalue weighted by atomic mass is 10.1. The number of phenolic OH excluding ortho intramolecular Hbond substituents is 1. The number of hydrogen-bond acceptors (Lipinski definition) is 4. The van der Waals surface area contributed by atoms with E-state index in [1.54, 1.807) is 18.2 Å². The fourth-order valence-corrected chi connectivity index (χ4v) is 1.88. The summed E-state index contributed by atoms with van der Waals surface area (Å²) in [7, 11) is 0. The largest absolute Gasteiger partial charge is 0.508 e. The number of rotatable bonds is 5. The summed E-state index contributed by atoms with van der Waals surface area (Å²) in [6.07, 6.45) is 0.326. The molecule has 0 amide bonds. The van der Waals surface area contributed by atoms with Crippen molar-refractivity contribution in [3.8, 4) is 5.75 Å². The van der Waals surface area contributed by atoms with E-state index in [1.807, 2.05) is 0 Å². The molecule has 5 heteroatoms. The molecule has 5 nitrogen and oxygen atoms in total. The molecule has 0 saturated heterocycles. The molecule has 0 aromatic heterocycles. The maximum Gasteiger partial charge on any atom is 0.338 e. The van der Waals surface area contributed by atoms with Crippen molar-refractivity contribution >= 4 is 11.9 Å². The van der Waals surface area contributed by atoms with E-state index in [1.165, 1.54) is 30.3 Å². The van der Waals surface area contributed by atoms with E-state index in [0.29, 0.717) is 17.5 Å². The molecule has 2 aromatic rings. The molecule has 0 saturated carbocycles. The van der Waals surface area contributed by atoms with E-state index in [2.05, 4.69) is 0 Å². The number of carbonyl (C=O) groups excluding carboxylic acids is 1. The Balaban J connectivity index is 1.94. The van der Waals surface area contributed by atoms with Crippen LogP contribution in [-0.4, -0.2) is 28.8 Å². The molecule has 108 valence electrons. The van der Waals surface area contributed by atoms with Gasteiger partial charge in [0.05, 0.1) is 17.7 Å². The molecule has 0 unspecified atom stereocenters. The molecule has 0 aliphatic carbocycles. The number of esters is 1. The summed E-state index contributed by atoms with van der Waals surface area (Å²) in [5.41, 5.74) is 1.15. The van der Waals surface area contributed by atoms with Crippen LogP contribution in [0.2, 0.25) is 0 Å². The van der Waals surface area contributed by atoms with E-state index < -0.39 is 11.9 Å². The summed E-state index contributed by atoms with van der Waals surface area (Å²) in [5.74, 6) is -1.44. The summed E-state index contributed by atoms with van der Waals surface area (Å²) in [6.45, 7) is 0.0873. The van der Waals surface area contributed by atoms with Crippen molar-refractivity contribution in [2.75, 3.05) is 6.61 Å². The van der Waals surface area contributed by atoms with Crippen molar-refractivity contribution in [3.63, 3.8) is 0 Å². The minimum Gasteiger partial charge on any atom is -0.508 e. The van der Waals surface area contributed by atoms with Gasteiger partial charge >= 0.3 is 11.9 Å². The summed E-state index contributed by atoms with van der Waals surface area (Å²) in [5, 5.41) is 18.2. The molecule has 0 spiro atoms. The van der Waals surface area contributed by atoms with Crippen molar-refractivity contribution in [1.82, 2.24) is 0 Å². The molecule has 2 N–H and O–H groups in total. The van der Waals surface area contributed by atoms with Crippen molar-refractivity contribution in [2.24, 2.45) is 0 Å². The smallest absolute Gasteiger partial charge is 0.338 e. The molecule has 0 heterocycles. The van der Waals surface area contributed by atoms with Crippen molar-refractivity contribution in [1.29, 1.82) is 0 Å². The Hall–Kier alpha value is -2.82. The molecule has 0 atom stereocenters. The minimum absolute atomic E-state index is 0.0712. The molecule has 0 fully saturated rings. The first kappa shape index (κ1) is 14.6. The van der Waals surface area contributed by atoms with Crippen molar-refractivity contribution < 1.29 is 24.5 Å². The quantitative estimate of drug-likeness (QED) is 0.825.